The largest absolute Gasteiger partial charge is 0.464 e. The van der Waals surface area contributed by atoms with Crippen LogP contribution in [0.1, 0.15) is 104 Å². The lowest BCUT2D eigenvalue weighted by Gasteiger charge is -2.28. The molecule has 336 valence electrons. The number of nitrogens with zero attached hydrogens (tertiary/aromatic N) is 4. The molecule has 2 aromatic heterocycles. The molecule has 0 unspecified atom stereocenters. The summed E-state index contributed by atoms with van der Waals surface area (Å²) in [6, 6.07) is 24.6. The van der Waals surface area contributed by atoms with Gasteiger partial charge >= 0.3 is 30.0 Å². The lowest BCUT2D eigenvalue weighted by Crippen LogP contribution is -2.41. The lowest BCUT2D eigenvalue weighted by molar-refractivity contribution is 0.0462. The number of hydrogen-bond donors (Lipinski definition) is 2. The minimum Gasteiger partial charge on any atom is -0.464 e. The Bertz CT molecular complexity index is 2150. The number of ether oxygens (including phenoxy) is 5. The van der Waals surface area contributed by atoms with Gasteiger partial charge in [-0.15, -0.1) is 0 Å². The second-order valence-corrected chi connectivity index (χ2v) is 16.2. The molecule has 16 nitrogen and oxygen atoms in total. The molecule has 16 heteroatoms. The third-order valence-electron chi connectivity index (χ3n) is 9.93. The number of carbonyl (C=O) groups is 5. The smallest absolute Gasteiger partial charge is 0.407 e. The Morgan fingerprint density at radius 3 is 1.70 bits per heavy atom. The van der Waals surface area contributed by atoms with Crippen LogP contribution in [0.5, 0.6) is 0 Å². The van der Waals surface area contributed by atoms with Crippen LogP contribution in [0.15, 0.2) is 84.9 Å². The standard InChI is InChI=1S/C47H58N6O10/c1-47(2,3)63-46(58)49-19-13-12-18-37-28-53(30-39-25-36(27-41(51-39)45(57)60-5)43(55)62-32-34-16-10-7-11-17-34)23-22-52(21-20-48-37)29-38-24-35(26-40(50-38)44(56)59-4)42(54)61-31-33-14-8-6-9-15-33/h6-11,14-17,24-27,37,48H,12-13,18-23,28-32H2,1-5H3,(H,49,58)/t37-/m0/s1. The minimum atomic E-state index is -0.686. The van der Waals surface area contributed by atoms with Gasteiger partial charge in [-0.2, -0.15) is 0 Å². The highest BCUT2D eigenvalue weighted by molar-refractivity contribution is 5.95. The molecule has 1 aliphatic heterocycles. The molecule has 0 radical (unpaired) electrons. The highest BCUT2D eigenvalue weighted by atomic mass is 16.6. The van der Waals surface area contributed by atoms with Crippen molar-refractivity contribution in [3.8, 4) is 0 Å². The third kappa shape index (κ3) is 16.2. The van der Waals surface area contributed by atoms with E-state index in [1.165, 1.54) is 26.4 Å². The van der Waals surface area contributed by atoms with Crippen molar-refractivity contribution in [2.75, 3.05) is 53.5 Å². The maximum absolute atomic E-state index is 13.3. The van der Waals surface area contributed by atoms with Crippen molar-refractivity contribution >= 4 is 30.0 Å². The van der Waals surface area contributed by atoms with Crippen LogP contribution in [0.25, 0.3) is 0 Å². The zero-order valence-electron chi connectivity index (χ0n) is 36.7. The fourth-order valence-electron chi connectivity index (χ4n) is 6.87. The van der Waals surface area contributed by atoms with Gasteiger partial charge in [0, 0.05) is 58.4 Å². The third-order valence-corrected chi connectivity index (χ3v) is 9.93. The molecule has 0 saturated carbocycles. The van der Waals surface area contributed by atoms with Crippen LogP contribution in [0, 0.1) is 0 Å². The van der Waals surface area contributed by atoms with Gasteiger partial charge in [0.15, 0.2) is 0 Å². The van der Waals surface area contributed by atoms with Gasteiger partial charge < -0.3 is 34.3 Å². The van der Waals surface area contributed by atoms with Gasteiger partial charge in [0.05, 0.1) is 36.7 Å². The monoisotopic (exact) mass is 866 g/mol. The van der Waals surface area contributed by atoms with Crippen LogP contribution in [0.3, 0.4) is 0 Å². The summed E-state index contributed by atoms with van der Waals surface area (Å²) in [6.45, 7) is 9.53. The Morgan fingerprint density at radius 1 is 0.683 bits per heavy atom. The number of nitrogens with one attached hydrogen (secondary N) is 2. The van der Waals surface area contributed by atoms with Crippen molar-refractivity contribution in [2.24, 2.45) is 0 Å². The molecule has 3 heterocycles. The summed E-state index contributed by atoms with van der Waals surface area (Å²) >= 11 is 0. The molecule has 2 aromatic carbocycles. The number of amides is 1. The number of pyridine rings is 2. The van der Waals surface area contributed by atoms with Crippen molar-refractivity contribution in [2.45, 2.75) is 78.0 Å². The van der Waals surface area contributed by atoms with E-state index in [1.807, 2.05) is 81.4 Å². The van der Waals surface area contributed by atoms with Gasteiger partial charge in [-0.25, -0.2) is 33.9 Å². The summed E-state index contributed by atoms with van der Waals surface area (Å²) in [6.07, 6.45) is 1.88. The van der Waals surface area contributed by atoms with Crippen molar-refractivity contribution < 1.29 is 47.7 Å². The molecule has 2 N–H and O–H groups in total. The van der Waals surface area contributed by atoms with Crippen molar-refractivity contribution in [1.29, 1.82) is 0 Å². The predicted octanol–water partition coefficient (Wildman–Crippen LogP) is 5.73. The first-order chi connectivity index (χ1) is 30.3. The van der Waals surface area contributed by atoms with E-state index in [0.29, 0.717) is 57.2 Å². The number of alkyl carbamates (subject to hydrolysis) is 1. The SMILES string of the molecule is COC(=O)c1cc(C(=O)OCc2ccccc2)cc(CN2CCN[C@@H](CCCCNC(=O)OC(C)(C)C)CN(Cc3cc(C(=O)OCc4ccccc4)cc(C(=O)OC)n3)CC2)n1. The van der Waals surface area contributed by atoms with Gasteiger partial charge in [0.2, 0.25) is 0 Å². The molecule has 1 saturated heterocycles. The summed E-state index contributed by atoms with van der Waals surface area (Å²) < 4.78 is 26.5. The number of rotatable bonds is 17. The molecule has 1 fully saturated rings. The van der Waals surface area contributed by atoms with Crippen molar-refractivity contribution in [1.82, 2.24) is 30.4 Å². The van der Waals surface area contributed by atoms with E-state index in [4.69, 9.17) is 23.7 Å². The van der Waals surface area contributed by atoms with E-state index in [1.54, 1.807) is 12.1 Å². The maximum atomic E-state index is 13.3. The Hall–Kier alpha value is -6.23. The molecule has 1 amide bonds. The van der Waals surface area contributed by atoms with E-state index in [-0.39, 0.29) is 48.3 Å². The second kappa shape index (κ2) is 23.8. The number of unbranched alkanes of at least 4 members (excludes halogenated alkanes) is 1. The van der Waals surface area contributed by atoms with E-state index < -0.39 is 35.6 Å². The molecule has 5 rings (SSSR count). The van der Waals surface area contributed by atoms with Gasteiger partial charge in [-0.05, 0) is 69.0 Å². The number of aromatic nitrogens is 2. The zero-order valence-corrected chi connectivity index (χ0v) is 36.7. The average molecular weight is 867 g/mol. The summed E-state index contributed by atoms with van der Waals surface area (Å²) in [5, 5.41) is 6.52. The Balaban J connectivity index is 1.34. The van der Waals surface area contributed by atoms with Crippen LogP contribution in [0.2, 0.25) is 0 Å². The Kier molecular flexibility index (Phi) is 18.1. The summed E-state index contributed by atoms with van der Waals surface area (Å²) in [5.74, 6) is -2.57. The average Bonchev–Trinajstić information content (AvgIpc) is 3.36. The highest BCUT2D eigenvalue weighted by Gasteiger charge is 2.24. The fraction of sp³-hybridized carbons (Fsp3) is 0.426. The first-order valence-corrected chi connectivity index (χ1v) is 21.0. The maximum Gasteiger partial charge on any atom is 0.407 e. The molecule has 1 aliphatic rings. The fourth-order valence-corrected chi connectivity index (χ4v) is 6.87. The summed E-state index contributed by atoms with van der Waals surface area (Å²) in [7, 11) is 2.51. The van der Waals surface area contributed by atoms with Gasteiger partial charge in [-0.3, -0.25) is 9.80 Å². The van der Waals surface area contributed by atoms with Gasteiger partial charge in [-0.1, -0.05) is 67.1 Å². The van der Waals surface area contributed by atoms with Crippen LogP contribution in [-0.2, 0) is 50.0 Å². The van der Waals surface area contributed by atoms with Gasteiger partial charge in [0.1, 0.15) is 30.2 Å². The molecule has 1 atom stereocenters. The molecular formula is C47H58N6O10. The van der Waals surface area contributed by atoms with Crippen LogP contribution < -0.4 is 10.6 Å². The quantitative estimate of drug-likeness (QED) is 0.0743. The van der Waals surface area contributed by atoms with E-state index >= 15 is 0 Å². The summed E-state index contributed by atoms with van der Waals surface area (Å²) in [5.41, 5.74) is 2.33. The zero-order chi connectivity index (χ0) is 45.2. The van der Waals surface area contributed by atoms with E-state index in [9.17, 15) is 24.0 Å². The molecule has 63 heavy (non-hydrogen) atoms. The van der Waals surface area contributed by atoms with Crippen LogP contribution in [0.4, 0.5) is 4.79 Å². The summed E-state index contributed by atoms with van der Waals surface area (Å²) in [4.78, 5) is 77.9. The first kappa shape index (κ1) is 47.8. The topological polar surface area (TPSA) is 188 Å². The Labute approximate surface area is 368 Å². The van der Waals surface area contributed by atoms with Crippen LogP contribution >= 0.6 is 0 Å². The Morgan fingerprint density at radius 2 is 1.19 bits per heavy atom. The number of esters is 4. The number of carbonyl (C=O) groups excluding carboxylic acids is 5. The molecule has 0 bridgehead atoms. The molecule has 0 spiro atoms. The second-order valence-electron chi connectivity index (χ2n) is 16.2. The van der Waals surface area contributed by atoms with E-state index in [2.05, 4.69) is 30.4 Å². The lowest BCUT2D eigenvalue weighted by atomic mass is 10.1. The molecular weight excluding hydrogens is 809 g/mol. The highest BCUT2D eigenvalue weighted by Crippen LogP contribution is 2.17. The number of hydrogen-bond acceptors (Lipinski definition) is 15. The van der Waals surface area contributed by atoms with Crippen molar-refractivity contribution in [3.05, 3.63) is 130 Å². The minimum absolute atomic E-state index is 0.0124. The van der Waals surface area contributed by atoms with Crippen molar-refractivity contribution in [3.63, 3.8) is 0 Å². The van der Waals surface area contributed by atoms with Crippen LogP contribution in [-0.4, -0.2) is 115 Å². The normalized spacial score (nSPS) is 14.9. The number of methoxy groups -OCH3 is 2. The number of benzene rings is 2. The predicted molar refractivity (Wildman–Crippen MR) is 233 cm³/mol. The van der Waals surface area contributed by atoms with Gasteiger partial charge in [0.25, 0.3) is 0 Å². The molecule has 4 aromatic rings. The molecule has 0 aliphatic carbocycles. The first-order valence-electron chi connectivity index (χ1n) is 21.0. The van der Waals surface area contributed by atoms with E-state index in [0.717, 1.165) is 30.4 Å².